The molecule has 150 valence electrons. The molecule has 0 radical (unpaired) electrons. The number of carbonyl (C=O) groups excluding carboxylic acids is 1. The molecule has 0 bridgehead atoms. The summed E-state index contributed by atoms with van der Waals surface area (Å²) in [7, 11) is 2.13. The van der Waals surface area contributed by atoms with Gasteiger partial charge in [0.15, 0.2) is 0 Å². The minimum absolute atomic E-state index is 0.0469. The lowest BCUT2D eigenvalue weighted by Gasteiger charge is -2.36. The summed E-state index contributed by atoms with van der Waals surface area (Å²) in [5.41, 5.74) is 1.20. The van der Waals surface area contributed by atoms with Gasteiger partial charge in [0, 0.05) is 21.9 Å². The summed E-state index contributed by atoms with van der Waals surface area (Å²) < 4.78 is 5.51. The third-order valence-electron chi connectivity index (χ3n) is 5.39. The van der Waals surface area contributed by atoms with E-state index in [2.05, 4.69) is 36.2 Å². The summed E-state index contributed by atoms with van der Waals surface area (Å²) in [4.78, 5) is 19.7. The van der Waals surface area contributed by atoms with E-state index >= 15 is 0 Å². The summed E-state index contributed by atoms with van der Waals surface area (Å²) >= 11 is 1.70. The van der Waals surface area contributed by atoms with Crippen LogP contribution < -0.4 is 0 Å². The summed E-state index contributed by atoms with van der Waals surface area (Å²) in [5.74, 6) is 0.874. The predicted molar refractivity (Wildman–Crippen MR) is 119 cm³/mol. The van der Waals surface area contributed by atoms with E-state index in [0.29, 0.717) is 6.54 Å². The van der Waals surface area contributed by atoms with Gasteiger partial charge in [-0.25, -0.2) is 0 Å². The summed E-state index contributed by atoms with van der Waals surface area (Å²) in [5, 5.41) is 0. The Morgan fingerprint density at radius 1 is 1.14 bits per heavy atom. The van der Waals surface area contributed by atoms with Crippen LogP contribution in [0.4, 0.5) is 0 Å². The highest BCUT2D eigenvalue weighted by atomic mass is 32.1. The van der Waals surface area contributed by atoms with E-state index in [1.54, 1.807) is 23.7 Å². The fourth-order valence-electron chi connectivity index (χ4n) is 3.71. The van der Waals surface area contributed by atoms with Crippen molar-refractivity contribution in [2.24, 2.45) is 0 Å². The van der Waals surface area contributed by atoms with E-state index in [-0.39, 0.29) is 11.9 Å². The first-order valence-electron chi connectivity index (χ1n) is 10.0. The maximum absolute atomic E-state index is 13.1. The maximum atomic E-state index is 13.1. The van der Waals surface area contributed by atoms with Crippen molar-refractivity contribution in [1.82, 2.24) is 9.80 Å². The second-order valence-electron chi connectivity index (χ2n) is 7.48. The quantitative estimate of drug-likeness (QED) is 0.532. The van der Waals surface area contributed by atoms with Crippen molar-refractivity contribution in [2.75, 3.05) is 20.1 Å². The number of thiophene rings is 1. The van der Waals surface area contributed by atoms with Crippen molar-refractivity contribution in [2.45, 2.75) is 25.4 Å². The van der Waals surface area contributed by atoms with Crippen LogP contribution in [0, 0.1) is 0 Å². The van der Waals surface area contributed by atoms with Gasteiger partial charge in [0.1, 0.15) is 5.76 Å². The van der Waals surface area contributed by atoms with Gasteiger partial charge in [-0.05, 0) is 68.9 Å². The first-order chi connectivity index (χ1) is 14.2. The molecule has 1 fully saturated rings. The molecule has 0 saturated carbocycles. The van der Waals surface area contributed by atoms with Crippen molar-refractivity contribution in [1.29, 1.82) is 0 Å². The molecule has 0 N–H and O–H groups in total. The van der Waals surface area contributed by atoms with E-state index < -0.39 is 0 Å². The molecular weight excluding hydrogens is 380 g/mol. The van der Waals surface area contributed by atoms with E-state index in [1.807, 2.05) is 41.3 Å². The van der Waals surface area contributed by atoms with Crippen LogP contribution in [-0.2, 0) is 11.3 Å². The van der Waals surface area contributed by atoms with Crippen LogP contribution in [0.3, 0.4) is 0 Å². The highest BCUT2D eigenvalue weighted by Crippen LogP contribution is 2.28. The number of hydrogen-bond donors (Lipinski definition) is 0. The molecule has 1 saturated heterocycles. The Hall–Kier alpha value is -2.63. The number of carbonyl (C=O) groups is 1. The van der Waals surface area contributed by atoms with Gasteiger partial charge in [-0.2, -0.15) is 0 Å². The molecule has 1 aromatic carbocycles. The monoisotopic (exact) mass is 406 g/mol. The second kappa shape index (κ2) is 9.25. The van der Waals surface area contributed by atoms with Crippen molar-refractivity contribution in [3.8, 4) is 10.4 Å². The van der Waals surface area contributed by atoms with Gasteiger partial charge in [-0.1, -0.05) is 30.3 Å². The van der Waals surface area contributed by atoms with Crippen LogP contribution in [-0.4, -0.2) is 41.9 Å². The van der Waals surface area contributed by atoms with Gasteiger partial charge in [-0.3, -0.25) is 4.79 Å². The third-order valence-corrected chi connectivity index (χ3v) is 6.49. The van der Waals surface area contributed by atoms with Crippen LogP contribution in [0.25, 0.3) is 16.5 Å². The average Bonchev–Trinajstić information content (AvgIpc) is 3.44. The normalized spacial score (nSPS) is 15.8. The van der Waals surface area contributed by atoms with Crippen LogP contribution in [0.1, 0.15) is 23.5 Å². The van der Waals surface area contributed by atoms with Gasteiger partial charge < -0.3 is 14.2 Å². The molecule has 29 heavy (non-hydrogen) atoms. The fraction of sp³-hybridized carbons (Fsp3) is 0.292. The van der Waals surface area contributed by atoms with Crippen LogP contribution in [0.15, 0.2) is 71.4 Å². The Morgan fingerprint density at radius 2 is 1.93 bits per heavy atom. The van der Waals surface area contributed by atoms with E-state index in [0.717, 1.165) is 36.6 Å². The largest absolute Gasteiger partial charge is 0.467 e. The molecule has 0 spiro atoms. The minimum atomic E-state index is 0.0469. The zero-order valence-electron chi connectivity index (χ0n) is 16.7. The van der Waals surface area contributed by atoms with E-state index in [4.69, 9.17) is 4.42 Å². The van der Waals surface area contributed by atoms with E-state index in [1.165, 1.54) is 10.4 Å². The molecule has 1 amide bonds. The lowest BCUT2D eigenvalue weighted by atomic mass is 10.0. The van der Waals surface area contributed by atoms with Crippen LogP contribution in [0.2, 0.25) is 0 Å². The second-order valence-corrected chi connectivity index (χ2v) is 8.60. The molecule has 5 heteroatoms. The molecule has 0 aliphatic carbocycles. The van der Waals surface area contributed by atoms with Gasteiger partial charge in [-0.15, -0.1) is 11.3 Å². The minimum Gasteiger partial charge on any atom is -0.467 e. The first-order valence-corrected chi connectivity index (χ1v) is 10.9. The van der Waals surface area contributed by atoms with Crippen molar-refractivity contribution >= 4 is 23.3 Å². The van der Waals surface area contributed by atoms with Crippen molar-refractivity contribution in [3.05, 3.63) is 77.6 Å². The summed E-state index contributed by atoms with van der Waals surface area (Å²) in [6, 6.07) is 18.6. The smallest absolute Gasteiger partial charge is 0.247 e. The molecule has 3 aromatic rings. The molecule has 4 nitrogen and oxygen atoms in total. The zero-order chi connectivity index (χ0) is 20.1. The van der Waals surface area contributed by atoms with E-state index in [9.17, 15) is 4.79 Å². The Balaban J connectivity index is 1.47. The average molecular weight is 407 g/mol. The molecular formula is C24H26N2O2S. The van der Waals surface area contributed by atoms with Gasteiger partial charge in [0.05, 0.1) is 12.8 Å². The number of furan rings is 1. The topological polar surface area (TPSA) is 36.7 Å². The Morgan fingerprint density at radius 3 is 2.66 bits per heavy atom. The fourth-order valence-corrected chi connectivity index (χ4v) is 4.63. The number of nitrogens with zero attached hydrogens (tertiary/aromatic N) is 2. The summed E-state index contributed by atoms with van der Waals surface area (Å²) in [6.07, 6.45) is 7.30. The molecule has 0 atom stereocenters. The van der Waals surface area contributed by atoms with Gasteiger partial charge >= 0.3 is 0 Å². The highest BCUT2D eigenvalue weighted by molar-refractivity contribution is 7.16. The highest BCUT2D eigenvalue weighted by Gasteiger charge is 2.26. The predicted octanol–water partition coefficient (Wildman–Crippen LogP) is 5.14. The molecule has 0 unspecified atom stereocenters. The number of rotatable bonds is 6. The molecule has 1 aliphatic rings. The SMILES string of the molecule is CN1CCC(N(Cc2ccco2)C(=O)/C=C/c2ccc(-c3ccccc3)s2)CC1. The maximum Gasteiger partial charge on any atom is 0.247 e. The number of piperidine rings is 1. The molecule has 1 aliphatic heterocycles. The third kappa shape index (κ3) is 5.05. The number of benzene rings is 1. The molecule has 2 aromatic heterocycles. The van der Waals surface area contributed by atoms with Crippen LogP contribution in [0.5, 0.6) is 0 Å². The number of likely N-dealkylation sites (tertiary alicyclic amines) is 1. The van der Waals surface area contributed by atoms with Gasteiger partial charge in [0.25, 0.3) is 0 Å². The number of hydrogen-bond acceptors (Lipinski definition) is 4. The van der Waals surface area contributed by atoms with Crippen molar-refractivity contribution in [3.63, 3.8) is 0 Å². The number of amides is 1. The Bertz CT molecular complexity index is 938. The lowest BCUT2D eigenvalue weighted by molar-refractivity contribution is -0.130. The van der Waals surface area contributed by atoms with Gasteiger partial charge in [0.2, 0.25) is 5.91 Å². The molecule has 4 rings (SSSR count). The summed E-state index contributed by atoms with van der Waals surface area (Å²) in [6.45, 7) is 2.55. The first kappa shape index (κ1) is 19.7. The van der Waals surface area contributed by atoms with Crippen molar-refractivity contribution < 1.29 is 9.21 Å². The Kier molecular flexibility index (Phi) is 6.27. The zero-order valence-corrected chi connectivity index (χ0v) is 17.5. The van der Waals surface area contributed by atoms with Crippen LogP contribution >= 0.6 is 11.3 Å². The standard InChI is InChI=1S/C24H26N2O2S/c1-25-15-13-20(14-16-25)26(18-21-8-5-17-28-21)24(27)12-10-22-9-11-23(29-22)19-6-3-2-4-7-19/h2-12,17,20H,13-16,18H2,1H3/b12-10+. The lowest BCUT2D eigenvalue weighted by Crippen LogP contribution is -2.45. The Labute approximate surface area is 176 Å². The molecule has 3 heterocycles.